The monoisotopic (exact) mass is 402 g/mol. The van der Waals surface area contributed by atoms with Gasteiger partial charge in [0.25, 0.3) is 0 Å². The van der Waals surface area contributed by atoms with Crippen LogP contribution in [-0.2, 0) is 24.4 Å². The summed E-state index contributed by atoms with van der Waals surface area (Å²) in [5.41, 5.74) is 6.15. The van der Waals surface area contributed by atoms with E-state index in [0.29, 0.717) is 29.5 Å². The molecular formula is C19H16F2N4O2S. The van der Waals surface area contributed by atoms with Gasteiger partial charge in [0.2, 0.25) is 11.3 Å². The quantitative estimate of drug-likeness (QED) is 0.342. The second kappa shape index (κ2) is 7.72. The number of halogens is 2. The Labute approximate surface area is 161 Å². The third-order valence-electron chi connectivity index (χ3n) is 4.45. The number of hydrogen-bond acceptors (Lipinski definition) is 3. The number of aromatic nitrogens is 2. The van der Waals surface area contributed by atoms with Crippen LogP contribution >= 0.6 is 0 Å². The molecule has 2 aromatic carbocycles. The van der Waals surface area contributed by atoms with Crippen molar-refractivity contribution in [1.82, 2.24) is 19.8 Å². The van der Waals surface area contributed by atoms with Crippen molar-refractivity contribution in [3.05, 3.63) is 77.5 Å². The second-order valence-corrected chi connectivity index (χ2v) is 6.96. The minimum absolute atomic E-state index is 0.306. The molecule has 6 nitrogen and oxygen atoms in total. The normalized spacial score (nSPS) is 12.7. The van der Waals surface area contributed by atoms with Crippen LogP contribution in [0.5, 0.6) is 0 Å². The zero-order valence-electron chi connectivity index (χ0n) is 14.5. The number of benzene rings is 2. The van der Waals surface area contributed by atoms with E-state index >= 15 is 0 Å². The van der Waals surface area contributed by atoms with E-state index in [1.54, 1.807) is 12.3 Å². The fraction of sp³-hybridized carbons (Fsp3) is 0.105. The molecule has 28 heavy (non-hydrogen) atoms. The zero-order valence-corrected chi connectivity index (χ0v) is 15.3. The van der Waals surface area contributed by atoms with Gasteiger partial charge < -0.3 is 4.57 Å². The fourth-order valence-corrected chi connectivity index (χ4v) is 3.46. The Morgan fingerprint density at radius 1 is 1.07 bits per heavy atom. The van der Waals surface area contributed by atoms with E-state index in [9.17, 15) is 13.0 Å². The Morgan fingerprint density at radius 2 is 1.82 bits per heavy atom. The molecule has 4 aromatic rings. The minimum atomic E-state index is -2.13. The molecule has 0 saturated heterocycles. The molecule has 9 heteroatoms. The van der Waals surface area contributed by atoms with Crippen molar-refractivity contribution in [3.63, 3.8) is 0 Å². The summed E-state index contributed by atoms with van der Waals surface area (Å²) in [7, 11) is 0. The highest BCUT2D eigenvalue weighted by molar-refractivity contribution is 7.77. The molecule has 0 saturated carbocycles. The molecule has 0 aliphatic carbocycles. The van der Waals surface area contributed by atoms with Crippen molar-refractivity contribution >= 4 is 33.2 Å². The number of rotatable bonds is 6. The molecule has 0 aliphatic heterocycles. The van der Waals surface area contributed by atoms with Crippen LogP contribution in [0, 0.1) is 11.6 Å². The van der Waals surface area contributed by atoms with Gasteiger partial charge in [-0.15, -0.1) is 0 Å². The predicted octanol–water partition coefficient (Wildman–Crippen LogP) is 3.25. The lowest BCUT2D eigenvalue weighted by Gasteiger charge is -2.09. The molecular weight excluding hydrogens is 386 g/mol. The van der Waals surface area contributed by atoms with E-state index in [1.165, 1.54) is 6.07 Å². The van der Waals surface area contributed by atoms with Crippen LogP contribution in [0.15, 0.2) is 54.7 Å². The van der Waals surface area contributed by atoms with Crippen molar-refractivity contribution in [2.75, 3.05) is 0 Å². The molecule has 0 bridgehead atoms. The maximum atomic E-state index is 14.4. The van der Waals surface area contributed by atoms with Crippen LogP contribution in [0.3, 0.4) is 0 Å². The van der Waals surface area contributed by atoms with E-state index in [1.807, 2.05) is 34.9 Å². The predicted molar refractivity (Wildman–Crippen MR) is 103 cm³/mol. The van der Waals surface area contributed by atoms with Gasteiger partial charge in [-0.25, -0.2) is 18.4 Å². The molecule has 2 heterocycles. The standard InChI is InChI=1S/C19H16F2N4O2S/c20-14-8-15(21)18-17(9-14)25(16-2-1-7-22-19(16)18)11-13-5-3-12(4-6-13)10-23-24-28(26)27/h1-9,23-24H,10-11H2,(H,26,27). The Kier molecular flexibility index (Phi) is 5.14. The van der Waals surface area contributed by atoms with E-state index < -0.39 is 22.9 Å². The maximum Gasteiger partial charge on any atom is 0.245 e. The van der Waals surface area contributed by atoms with Gasteiger partial charge in [0.15, 0.2) is 0 Å². The average molecular weight is 402 g/mol. The first-order valence-electron chi connectivity index (χ1n) is 8.42. The summed E-state index contributed by atoms with van der Waals surface area (Å²) in [6.07, 6.45) is 1.59. The summed E-state index contributed by atoms with van der Waals surface area (Å²) in [5.74, 6) is -1.27. The summed E-state index contributed by atoms with van der Waals surface area (Å²) in [5, 5.41) is 0.306. The zero-order chi connectivity index (χ0) is 19.7. The van der Waals surface area contributed by atoms with Gasteiger partial charge in [0.1, 0.15) is 11.6 Å². The lowest BCUT2D eigenvalue weighted by Crippen LogP contribution is -2.32. The van der Waals surface area contributed by atoms with Crippen LogP contribution in [0.4, 0.5) is 8.78 Å². The molecule has 0 aliphatic rings. The Morgan fingerprint density at radius 3 is 2.57 bits per heavy atom. The number of nitrogens with one attached hydrogen (secondary N) is 2. The van der Waals surface area contributed by atoms with E-state index in [2.05, 4.69) is 15.2 Å². The molecule has 0 amide bonds. The topological polar surface area (TPSA) is 79.2 Å². The summed E-state index contributed by atoms with van der Waals surface area (Å²) in [6, 6.07) is 13.3. The summed E-state index contributed by atoms with van der Waals surface area (Å²) >= 11 is -2.13. The van der Waals surface area contributed by atoms with Crippen molar-refractivity contribution in [2.24, 2.45) is 0 Å². The summed E-state index contributed by atoms with van der Waals surface area (Å²) < 4.78 is 49.3. The van der Waals surface area contributed by atoms with Gasteiger partial charge in [-0.1, -0.05) is 24.3 Å². The van der Waals surface area contributed by atoms with Gasteiger partial charge >= 0.3 is 0 Å². The lowest BCUT2D eigenvalue weighted by molar-refractivity contribution is 0.526. The fourth-order valence-electron chi connectivity index (χ4n) is 3.26. The number of hydrogen-bond donors (Lipinski definition) is 3. The Bertz CT molecular complexity index is 1180. The van der Waals surface area contributed by atoms with E-state index in [4.69, 9.17) is 4.55 Å². The van der Waals surface area contributed by atoms with Crippen molar-refractivity contribution < 1.29 is 17.5 Å². The first-order valence-corrected chi connectivity index (χ1v) is 9.53. The molecule has 0 radical (unpaired) electrons. The number of hydrazine groups is 1. The molecule has 1 atom stereocenters. The van der Waals surface area contributed by atoms with Gasteiger partial charge in [-0.3, -0.25) is 9.54 Å². The average Bonchev–Trinajstić information content (AvgIpc) is 2.97. The number of pyridine rings is 1. The maximum absolute atomic E-state index is 14.4. The molecule has 1 unspecified atom stereocenters. The highest BCUT2D eigenvalue weighted by Crippen LogP contribution is 2.31. The summed E-state index contributed by atoms with van der Waals surface area (Å²) in [6.45, 7) is 0.781. The summed E-state index contributed by atoms with van der Waals surface area (Å²) in [4.78, 5) is 6.47. The SMILES string of the molecule is O=S(O)NNCc1ccc(Cn2c3cccnc3c3c(F)cc(F)cc32)cc1. The van der Waals surface area contributed by atoms with Crippen molar-refractivity contribution in [1.29, 1.82) is 0 Å². The first-order chi connectivity index (χ1) is 13.5. The Hall–Kier alpha value is -2.72. The van der Waals surface area contributed by atoms with Gasteiger partial charge in [-0.05, 0) is 29.3 Å². The highest BCUT2D eigenvalue weighted by atomic mass is 32.2. The van der Waals surface area contributed by atoms with Gasteiger partial charge in [0, 0.05) is 25.4 Å². The molecule has 2 aromatic heterocycles. The van der Waals surface area contributed by atoms with E-state index in [-0.39, 0.29) is 0 Å². The minimum Gasteiger partial charge on any atom is -0.334 e. The van der Waals surface area contributed by atoms with Crippen molar-refractivity contribution in [2.45, 2.75) is 13.1 Å². The molecule has 0 spiro atoms. The smallest absolute Gasteiger partial charge is 0.245 e. The van der Waals surface area contributed by atoms with E-state index in [0.717, 1.165) is 22.7 Å². The molecule has 144 valence electrons. The Balaban J connectivity index is 1.68. The third-order valence-corrected chi connectivity index (χ3v) is 4.77. The molecule has 3 N–H and O–H groups in total. The largest absolute Gasteiger partial charge is 0.334 e. The van der Waals surface area contributed by atoms with Gasteiger partial charge in [0.05, 0.1) is 21.9 Å². The highest BCUT2D eigenvalue weighted by Gasteiger charge is 2.16. The molecule has 4 rings (SSSR count). The number of nitrogens with zero attached hydrogens (tertiary/aromatic N) is 2. The molecule has 0 fully saturated rings. The van der Waals surface area contributed by atoms with Crippen molar-refractivity contribution in [3.8, 4) is 0 Å². The van der Waals surface area contributed by atoms with Gasteiger partial charge in [-0.2, -0.15) is 4.83 Å². The first kappa shape index (κ1) is 18.6. The third kappa shape index (κ3) is 3.65. The van der Waals surface area contributed by atoms with Crippen LogP contribution in [0.25, 0.3) is 21.9 Å². The van der Waals surface area contributed by atoms with Crippen LogP contribution in [0.2, 0.25) is 0 Å². The number of fused-ring (bicyclic) bond motifs is 3. The van der Waals surface area contributed by atoms with Crippen LogP contribution in [0.1, 0.15) is 11.1 Å². The lowest BCUT2D eigenvalue weighted by atomic mass is 10.1. The van der Waals surface area contributed by atoms with Crippen LogP contribution < -0.4 is 10.3 Å². The second-order valence-electron chi connectivity index (χ2n) is 6.26. The van der Waals surface area contributed by atoms with Crippen LogP contribution in [-0.4, -0.2) is 18.3 Å².